The fourth-order valence-electron chi connectivity index (χ4n) is 1.42. The molecule has 0 aliphatic rings. The Morgan fingerprint density at radius 3 is 2.38 bits per heavy atom. The maximum Gasteiger partial charge on any atom is 0.241 e. The number of carbonyl (C=O) groups is 1. The standard InChI is InChI=1S/C14H21FN4O.HI/c1-4-16-14(18-10-13(20)19(2)3)17-9-11-5-7-12(15)8-6-11;/h5-8H,4,9-10H2,1-3H3,(H2,16,17,18);1H. The molecule has 0 aromatic heterocycles. The van der Waals surface area contributed by atoms with Gasteiger partial charge in [-0.3, -0.25) is 4.79 Å². The third kappa shape index (κ3) is 7.84. The van der Waals surface area contributed by atoms with Crippen LogP contribution in [0.4, 0.5) is 4.39 Å². The van der Waals surface area contributed by atoms with Crippen LogP contribution in [0.1, 0.15) is 12.5 Å². The topological polar surface area (TPSA) is 56.7 Å². The van der Waals surface area contributed by atoms with E-state index in [4.69, 9.17) is 0 Å². The highest BCUT2D eigenvalue weighted by molar-refractivity contribution is 14.0. The van der Waals surface area contributed by atoms with E-state index in [0.717, 1.165) is 5.56 Å². The molecule has 0 radical (unpaired) electrons. The van der Waals surface area contributed by atoms with Gasteiger partial charge in [-0.1, -0.05) is 12.1 Å². The molecule has 0 aliphatic heterocycles. The van der Waals surface area contributed by atoms with Gasteiger partial charge in [0, 0.05) is 20.6 Å². The van der Waals surface area contributed by atoms with Crippen LogP contribution in [0.3, 0.4) is 0 Å². The Hall–Kier alpha value is -1.38. The van der Waals surface area contributed by atoms with Crippen molar-refractivity contribution in [3.8, 4) is 0 Å². The van der Waals surface area contributed by atoms with Crippen LogP contribution < -0.4 is 10.6 Å². The molecule has 5 nitrogen and oxygen atoms in total. The average Bonchev–Trinajstić information content (AvgIpc) is 2.43. The second kappa shape index (κ2) is 10.4. The SMILES string of the molecule is CCNC(=NCc1ccc(F)cc1)NCC(=O)N(C)C.I. The van der Waals surface area contributed by atoms with Gasteiger partial charge in [0.25, 0.3) is 0 Å². The summed E-state index contributed by atoms with van der Waals surface area (Å²) in [4.78, 5) is 17.4. The molecule has 1 rings (SSSR count). The zero-order chi connectivity index (χ0) is 15.0. The van der Waals surface area contributed by atoms with Crippen molar-refractivity contribution in [2.24, 2.45) is 4.99 Å². The highest BCUT2D eigenvalue weighted by Crippen LogP contribution is 2.03. The van der Waals surface area contributed by atoms with Crippen molar-refractivity contribution in [3.63, 3.8) is 0 Å². The van der Waals surface area contributed by atoms with E-state index < -0.39 is 0 Å². The van der Waals surface area contributed by atoms with Gasteiger partial charge in [0.1, 0.15) is 5.82 Å². The van der Waals surface area contributed by atoms with Gasteiger partial charge in [0.05, 0.1) is 13.1 Å². The first-order chi connectivity index (χ1) is 9.52. The summed E-state index contributed by atoms with van der Waals surface area (Å²) in [5.74, 6) is 0.267. The summed E-state index contributed by atoms with van der Waals surface area (Å²) in [6.45, 7) is 3.25. The Kier molecular flexibility index (Phi) is 9.68. The number of halogens is 2. The fourth-order valence-corrected chi connectivity index (χ4v) is 1.42. The number of aliphatic imine (C=N–C) groups is 1. The van der Waals surface area contributed by atoms with Gasteiger partial charge in [-0.25, -0.2) is 9.38 Å². The highest BCUT2D eigenvalue weighted by atomic mass is 127. The first kappa shape index (κ1) is 19.6. The van der Waals surface area contributed by atoms with E-state index in [0.29, 0.717) is 19.0 Å². The molecule has 0 saturated heterocycles. The molecular weight excluding hydrogens is 386 g/mol. The number of nitrogens with zero attached hydrogens (tertiary/aromatic N) is 2. The fraction of sp³-hybridized carbons (Fsp3) is 0.429. The lowest BCUT2D eigenvalue weighted by atomic mass is 10.2. The summed E-state index contributed by atoms with van der Waals surface area (Å²) in [6, 6.07) is 6.18. The molecule has 0 spiro atoms. The van der Waals surface area contributed by atoms with Crippen LogP contribution in [-0.4, -0.2) is 44.0 Å². The molecule has 0 atom stereocenters. The Morgan fingerprint density at radius 2 is 1.86 bits per heavy atom. The molecule has 0 bridgehead atoms. The Labute approximate surface area is 142 Å². The number of hydrogen-bond donors (Lipinski definition) is 2. The third-order valence-electron chi connectivity index (χ3n) is 2.58. The van der Waals surface area contributed by atoms with E-state index >= 15 is 0 Å². The summed E-state index contributed by atoms with van der Waals surface area (Å²) < 4.78 is 12.8. The summed E-state index contributed by atoms with van der Waals surface area (Å²) in [6.07, 6.45) is 0. The van der Waals surface area contributed by atoms with Crippen molar-refractivity contribution in [2.75, 3.05) is 27.2 Å². The van der Waals surface area contributed by atoms with Crippen LogP contribution >= 0.6 is 24.0 Å². The minimum Gasteiger partial charge on any atom is -0.357 e. The lowest BCUT2D eigenvalue weighted by Crippen LogP contribution is -2.42. The van der Waals surface area contributed by atoms with E-state index in [-0.39, 0.29) is 42.2 Å². The number of hydrogen-bond acceptors (Lipinski definition) is 2. The predicted molar refractivity (Wildman–Crippen MR) is 93.3 cm³/mol. The maximum absolute atomic E-state index is 12.8. The van der Waals surface area contributed by atoms with Crippen molar-refractivity contribution in [3.05, 3.63) is 35.6 Å². The van der Waals surface area contributed by atoms with Crippen LogP contribution in [0.2, 0.25) is 0 Å². The number of carbonyl (C=O) groups excluding carboxylic acids is 1. The van der Waals surface area contributed by atoms with Crippen molar-refractivity contribution in [1.29, 1.82) is 0 Å². The molecule has 0 aliphatic carbocycles. The molecule has 21 heavy (non-hydrogen) atoms. The van der Waals surface area contributed by atoms with Gasteiger partial charge in [0.15, 0.2) is 5.96 Å². The van der Waals surface area contributed by atoms with Crippen molar-refractivity contribution < 1.29 is 9.18 Å². The normalized spacial score (nSPS) is 10.6. The lowest BCUT2D eigenvalue weighted by Gasteiger charge is -2.14. The zero-order valence-electron chi connectivity index (χ0n) is 12.5. The number of nitrogens with one attached hydrogen (secondary N) is 2. The molecule has 0 saturated carbocycles. The van der Waals surface area contributed by atoms with Gasteiger partial charge < -0.3 is 15.5 Å². The molecule has 1 aromatic rings. The van der Waals surface area contributed by atoms with Gasteiger partial charge in [-0.05, 0) is 24.6 Å². The van der Waals surface area contributed by atoms with Crippen LogP contribution in [0, 0.1) is 5.82 Å². The number of likely N-dealkylation sites (N-methyl/N-ethyl adjacent to an activating group) is 1. The molecular formula is C14H22FIN4O. The summed E-state index contributed by atoms with van der Waals surface area (Å²) >= 11 is 0. The Morgan fingerprint density at radius 1 is 1.24 bits per heavy atom. The summed E-state index contributed by atoms with van der Waals surface area (Å²) in [7, 11) is 3.40. The summed E-state index contributed by atoms with van der Waals surface area (Å²) in [5, 5.41) is 6.01. The molecule has 0 heterocycles. The second-order valence-corrected chi connectivity index (χ2v) is 4.46. The Bertz CT molecular complexity index is 463. The largest absolute Gasteiger partial charge is 0.357 e. The molecule has 0 unspecified atom stereocenters. The van der Waals surface area contributed by atoms with E-state index in [2.05, 4.69) is 15.6 Å². The van der Waals surface area contributed by atoms with Crippen molar-refractivity contribution in [1.82, 2.24) is 15.5 Å². The predicted octanol–water partition coefficient (Wildman–Crippen LogP) is 1.59. The average molecular weight is 408 g/mol. The van der Waals surface area contributed by atoms with Crippen LogP contribution in [0.25, 0.3) is 0 Å². The number of benzene rings is 1. The molecule has 7 heteroatoms. The number of guanidine groups is 1. The lowest BCUT2D eigenvalue weighted by molar-refractivity contribution is -0.127. The third-order valence-corrected chi connectivity index (χ3v) is 2.58. The van der Waals surface area contributed by atoms with Crippen LogP contribution in [-0.2, 0) is 11.3 Å². The number of rotatable bonds is 5. The van der Waals surface area contributed by atoms with Gasteiger partial charge in [0.2, 0.25) is 5.91 Å². The monoisotopic (exact) mass is 408 g/mol. The Balaban J connectivity index is 0.00000400. The molecule has 0 fully saturated rings. The first-order valence-corrected chi connectivity index (χ1v) is 6.49. The second-order valence-electron chi connectivity index (χ2n) is 4.46. The zero-order valence-corrected chi connectivity index (χ0v) is 14.8. The molecule has 1 amide bonds. The molecule has 1 aromatic carbocycles. The highest BCUT2D eigenvalue weighted by Gasteiger charge is 2.05. The minimum atomic E-state index is -0.264. The van der Waals surface area contributed by atoms with Gasteiger partial charge in [-0.15, -0.1) is 24.0 Å². The first-order valence-electron chi connectivity index (χ1n) is 6.49. The van der Waals surface area contributed by atoms with Crippen molar-refractivity contribution >= 4 is 35.8 Å². The van der Waals surface area contributed by atoms with E-state index in [1.54, 1.807) is 26.2 Å². The van der Waals surface area contributed by atoms with Crippen molar-refractivity contribution in [2.45, 2.75) is 13.5 Å². The van der Waals surface area contributed by atoms with Crippen LogP contribution in [0.5, 0.6) is 0 Å². The van der Waals surface area contributed by atoms with E-state index in [1.807, 2.05) is 6.92 Å². The molecule has 118 valence electrons. The van der Waals surface area contributed by atoms with Crippen LogP contribution in [0.15, 0.2) is 29.3 Å². The van der Waals surface area contributed by atoms with Gasteiger partial charge in [-0.2, -0.15) is 0 Å². The van der Waals surface area contributed by atoms with Gasteiger partial charge >= 0.3 is 0 Å². The van der Waals surface area contributed by atoms with E-state index in [9.17, 15) is 9.18 Å². The minimum absolute atomic E-state index is 0. The molecule has 2 N–H and O–H groups in total. The smallest absolute Gasteiger partial charge is 0.241 e. The quantitative estimate of drug-likeness (QED) is 0.442. The maximum atomic E-state index is 12.8. The number of amides is 1. The summed E-state index contributed by atoms with van der Waals surface area (Å²) in [5.41, 5.74) is 0.905. The van der Waals surface area contributed by atoms with E-state index in [1.165, 1.54) is 17.0 Å².